The molecular weight excluding hydrogens is 327 g/mol. The van der Waals surface area contributed by atoms with Crippen LogP contribution < -0.4 is 5.32 Å². The van der Waals surface area contributed by atoms with Crippen LogP contribution in [0.4, 0.5) is 13.2 Å². The zero-order valence-corrected chi connectivity index (χ0v) is 13.8. The zero-order valence-electron chi connectivity index (χ0n) is 13.0. The molecule has 2 fully saturated rings. The summed E-state index contributed by atoms with van der Waals surface area (Å²) in [5.41, 5.74) is 0.374. The number of halogens is 4. The van der Waals surface area contributed by atoms with Crippen molar-refractivity contribution in [3.63, 3.8) is 0 Å². The summed E-state index contributed by atoms with van der Waals surface area (Å²) in [5, 5.41) is 3.39. The Morgan fingerprint density at radius 3 is 2.22 bits per heavy atom. The van der Waals surface area contributed by atoms with Crippen molar-refractivity contribution in [1.82, 2.24) is 15.1 Å². The molecule has 3 rings (SSSR count). The third-order valence-electron chi connectivity index (χ3n) is 4.65. The zero-order chi connectivity index (χ0) is 15.6. The molecule has 0 radical (unpaired) electrons. The summed E-state index contributed by atoms with van der Waals surface area (Å²) < 4.78 is 37.6. The standard InChI is InChI=1S/C16H22F3N3.ClH/c17-16(18,19)14-3-1-13(2-4-14)12-21-7-9-22(10-8-21)15-5-6-20-11-15;/h1-4,15,20H,5-12H2;1H. The highest BCUT2D eigenvalue weighted by molar-refractivity contribution is 5.85. The highest BCUT2D eigenvalue weighted by Crippen LogP contribution is 2.29. The Kier molecular flexibility index (Phi) is 6.31. The molecule has 1 N–H and O–H groups in total. The van der Waals surface area contributed by atoms with Crippen LogP contribution in [0.25, 0.3) is 0 Å². The van der Waals surface area contributed by atoms with Gasteiger partial charge in [0.1, 0.15) is 0 Å². The fraction of sp³-hybridized carbons (Fsp3) is 0.625. The van der Waals surface area contributed by atoms with E-state index in [4.69, 9.17) is 0 Å². The number of hydrogen-bond acceptors (Lipinski definition) is 3. The lowest BCUT2D eigenvalue weighted by Crippen LogP contribution is -2.50. The predicted molar refractivity (Wildman–Crippen MR) is 86.8 cm³/mol. The molecule has 2 heterocycles. The summed E-state index contributed by atoms with van der Waals surface area (Å²) >= 11 is 0. The van der Waals surface area contributed by atoms with Crippen molar-refractivity contribution in [2.45, 2.75) is 25.2 Å². The molecule has 2 aliphatic heterocycles. The molecule has 0 bridgehead atoms. The van der Waals surface area contributed by atoms with Crippen molar-refractivity contribution in [2.75, 3.05) is 39.3 Å². The highest BCUT2D eigenvalue weighted by Gasteiger charge is 2.30. The third-order valence-corrected chi connectivity index (χ3v) is 4.65. The number of benzene rings is 1. The average Bonchev–Trinajstić information content (AvgIpc) is 3.02. The van der Waals surface area contributed by atoms with Crippen molar-refractivity contribution < 1.29 is 13.2 Å². The summed E-state index contributed by atoms with van der Waals surface area (Å²) in [6, 6.07) is 6.20. The normalized spacial score (nSPS) is 23.7. The van der Waals surface area contributed by atoms with Crippen LogP contribution in [0.1, 0.15) is 17.5 Å². The maximum Gasteiger partial charge on any atom is 0.416 e. The largest absolute Gasteiger partial charge is 0.416 e. The van der Waals surface area contributed by atoms with Gasteiger partial charge in [-0.25, -0.2) is 0 Å². The summed E-state index contributed by atoms with van der Waals surface area (Å²) in [6.07, 6.45) is -3.03. The van der Waals surface area contributed by atoms with Gasteiger partial charge in [0.15, 0.2) is 0 Å². The second-order valence-electron chi connectivity index (χ2n) is 6.15. The van der Waals surface area contributed by atoms with Gasteiger partial charge in [0.25, 0.3) is 0 Å². The SMILES string of the molecule is Cl.FC(F)(F)c1ccc(CN2CCN(C3CCNC3)CC2)cc1. The first-order chi connectivity index (χ1) is 10.5. The van der Waals surface area contributed by atoms with Gasteiger partial charge in [-0.15, -0.1) is 12.4 Å². The molecule has 7 heteroatoms. The topological polar surface area (TPSA) is 18.5 Å². The number of nitrogens with one attached hydrogen (secondary N) is 1. The molecule has 0 aromatic heterocycles. The molecule has 2 saturated heterocycles. The molecule has 1 atom stereocenters. The van der Waals surface area contributed by atoms with E-state index in [9.17, 15) is 13.2 Å². The summed E-state index contributed by atoms with van der Waals surface area (Å²) in [7, 11) is 0. The number of hydrogen-bond donors (Lipinski definition) is 1. The molecule has 0 spiro atoms. The summed E-state index contributed by atoms with van der Waals surface area (Å²) in [5.74, 6) is 0. The highest BCUT2D eigenvalue weighted by atomic mass is 35.5. The Morgan fingerprint density at radius 2 is 1.70 bits per heavy atom. The van der Waals surface area contributed by atoms with Gasteiger partial charge in [-0.3, -0.25) is 9.80 Å². The minimum atomic E-state index is -4.25. The van der Waals surface area contributed by atoms with Crippen molar-refractivity contribution in [2.24, 2.45) is 0 Å². The Morgan fingerprint density at radius 1 is 1.04 bits per heavy atom. The van der Waals surface area contributed by atoms with Crippen LogP contribution in [-0.4, -0.2) is 55.1 Å². The predicted octanol–water partition coefficient (Wildman–Crippen LogP) is 2.61. The van der Waals surface area contributed by atoms with Crippen LogP contribution in [0.2, 0.25) is 0 Å². The van der Waals surface area contributed by atoms with Gasteiger partial charge in [-0.1, -0.05) is 12.1 Å². The molecule has 0 amide bonds. The fourth-order valence-corrected chi connectivity index (χ4v) is 3.30. The Hall–Kier alpha value is -0.820. The van der Waals surface area contributed by atoms with E-state index in [1.807, 2.05) is 0 Å². The second kappa shape index (κ2) is 7.83. The third kappa shape index (κ3) is 4.83. The van der Waals surface area contributed by atoms with Crippen LogP contribution >= 0.6 is 12.4 Å². The molecule has 1 unspecified atom stereocenters. The van der Waals surface area contributed by atoms with E-state index in [0.717, 1.165) is 51.4 Å². The molecule has 130 valence electrons. The van der Waals surface area contributed by atoms with Crippen LogP contribution in [-0.2, 0) is 12.7 Å². The van der Waals surface area contributed by atoms with Crippen molar-refractivity contribution in [3.8, 4) is 0 Å². The van der Waals surface area contributed by atoms with E-state index in [1.54, 1.807) is 12.1 Å². The molecular formula is C16H23ClF3N3. The molecule has 1 aromatic rings. The lowest BCUT2D eigenvalue weighted by atomic mass is 10.1. The van der Waals surface area contributed by atoms with Crippen LogP contribution in [0.5, 0.6) is 0 Å². The van der Waals surface area contributed by atoms with Gasteiger partial charge in [-0.05, 0) is 30.7 Å². The number of piperazine rings is 1. The van der Waals surface area contributed by atoms with Gasteiger partial charge in [0.2, 0.25) is 0 Å². The molecule has 23 heavy (non-hydrogen) atoms. The number of nitrogens with zero attached hydrogens (tertiary/aromatic N) is 2. The second-order valence-corrected chi connectivity index (χ2v) is 6.15. The van der Waals surface area contributed by atoms with Crippen molar-refractivity contribution in [1.29, 1.82) is 0 Å². The Labute approximate surface area is 141 Å². The van der Waals surface area contributed by atoms with Crippen LogP contribution in [0.3, 0.4) is 0 Å². The summed E-state index contributed by atoms with van der Waals surface area (Å²) in [6.45, 7) is 6.99. The van der Waals surface area contributed by atoms with E-state index < -0.39 is 11.7 Å². The minimum Gasteiger partial charge on any atom is -0.315 e. The van der Waals surface area contributed by atoms with Crippen LogP contribution in [0.15, 0.2) is 24.3 Å². The number of alkyl halides is 3. The lowest BCUT2D eigenvalue weighted by molar-refractivity contribution is -0.137. The van der Waals surface area contributed by atoms with Gasteiger partial charge >= 0.3 is 6.18 Å². The summed E-state index contributed by atoms with van der Waals surface area (Å²) in [4.78, 5) is 4.85. The monoisotopic (exact) mass is 349 g/mol. The van der Waals surface area contributed by atoms with E-state index in [-0.39, 0.29) is 12.4 Å². The molecule has 2 aliphatic rings. The lowest BCUT2D eigenvalue weighted by Gasteiger charge is -2.37. The first-order valence-electron chi connectivity index (χ1n) is 7.85. The Bertz CT molecular complexity index is 478. The van der Waals surface area contributed by atoms with E-state index in [1.165, 1.54) is 18.6 Å². The molecule has 1 aromatic carbocycles. The maximum atomic E-state index is 12.5. The molecule has 0 saturated carbocycles. The number of rotatable bonds is 3. The van der Waals surface area contributed by atoms with Gasteiger partial charge in [0, 0.05) is 45.3 Å². The van der Waals surface area contributed by atoms with Gasteiger partial charge < -0.3 is 5.32 Å². The van der Waals surface area contributed by atoms with Gasteiger partial charge in [0.05, 0.1) is 5.56 Å². The smallest absolute Gasteiger partial charge is 0.315 e. The average molecular weight is 350 g/mol. The minimum absolute atomic E-state index is 0. The van der Waals surface area contributed by atoms with Crippen molar-refractivity contribution in [3.05, 3.63) is 35.4 Å². The van der Waals surface area contributed by atoms with E-state index in [0.29, 0.717) is 6.04 Å². The fourth-order valence-electron chi connectivity index (χ4n) is 3.30. The molecule has 0 aliphatic carbocycles. The first kappa shape index (κ1) is 18.5. The van der Waals surface area contributed by atoms with E-state index in [2.05, 4.69) is 15.1 Å². The Balaban J connectivity index is 0.00000192. The molecule has 3 nitrogen and oxygen atoms in total. The quantitative estimate of drug-likeness (QED) is 0.905. The van der Waals surface area contributed by atoms with Crippen molar-refractivity contribution >= 4 is 12.4 Å². The maximum absolute atomic E-state index is 12.5. The van der Waals surface area contributed by atoms with Crippen LogP contribution in [0, 0.1) is 0 Å². The first-order valence-corrected chi connectivity index (χ1v) is 7.85. The van der Waals surface area contributed by atoms with E-state index >= 15 is 0 Å². The van der Waals surface area contributed by atoms with Gasteiger partial charge in [-0.2, -0.15) is 13.2 Å².